The molecule has 0 heterocycles. The maximum absolute atomic E-state index is 11.4. The fourth-order valence-electron chi connectivity index (χ4n) is 1.37. The monoisotopic (exact) mass is 280 g/mol. The summed E-state index contributed by atoms with van der Waals surface area (Å²) in [5.41, 5.74) is 0.558. The van der Waals surface area contributed by atoms with Crippen LogP contribution in [0.15, 0.2) is 36.2 Å². The van der Waals surface area contributed by atoms with Crippen LogP contribution in [0.2, 0.25) is 0 Å². The van der Waals surface area contributed by atoms with Crippen molar-refractivity contribution in [3.05, 3.63) is 46.3 Å². The van der Waals surface area contributed by atoms with E-state index in [0.29, 0.717) is 12.3 Å². The van der Waals surface area contributed by atoms with Gasteiger partial charge in [0.05, 0.1) is 24.2 Å². The van der Waals surface area contributed by atoms with Gasteiger partial charge in [-0.2, -0.15) is 0 Å². The third-order valence-corrected chi connectivity index (χ3v) is 2.18. The molecule has 1 aromatic rings. The Morgan fingerprint density at radius 2 is 1.85 bits per heavy atom. The van der Waals surface area contributed by atoms with Crippen LogP contribution < -0.4 is 5.32 Å². The fraction of sp³-hybridized carbons (Fsp3) is 0.308. The van der Waals surface area contributed by atoms with Gasteiger partial charge in [0, 0.05) is 17.8 Å². The van der Waals surface area contributed by atoms with Crippen molar-refractivity contribution in [1.82, 2.24) is 0 Å². The fourth-order valence-corrected chi connectivity index (χ4v) is 1.37. The van der Waals surface area contributed by atoms with E-state index in [9.17, 15) is 14.9 Å². The van der Waals surface area contributed by atoms with E-state index < -0.39 is 10.9 Å². The minimum Gasteiger partial charge on any atom is -0.479 e. The second-order valence-corrected chi connectivity index (χ2v) is 3.62. The van der Waals surface area contributed by atoms with Crippen LogP contribution in [-0.4, -0.2) is 24.1 Å². The van der Waals surface area contributed by atoms with Gasteiger partial charge in [-0.25, -0.2) is 4.79 Å². The molecule has 0 amide bonds. The molecule has 0 aromatic heterocycles. The Hall–Kier alpha value is -2.57. The van der Waals surface area contributed by atoms with Gasteiger partial charge in [-0.3, -0.25) is 10.1 Å². The number of nitro groups is 1. The van der Waals surface area contributed by atoms with Crippen molar-refractivity contribution >= 4 is 17.3 Å². The number of non-ortho nitro benzene ring substituents is 1. The number of ether oxygens (including phenoxy) is 2. The number of hydrogen-bond acceptors (Lipinski definition) is 6. The van der Waals surface area contributed by atoms with Crippen molar-refractivity contribution in [2.75, 3.05) is 18.5 Å². The van der Waals surface area contributed by atoms with E-state index in [0.717, 1.165) is 0 Å². The van der Waals surface area contributed by atoms with Crippen molar-refractivity contribution in [3.63, 3.8) is 0 Å². The molecular formula is C13H16N2O5. The number of hydrogen-bond donors (Lipinski definition) is 1. The Bertz CT molecular complexity index is 496. The number of carbonyl (C=O) groups excluding carboxylic acids is 1. The first kappa shape index (κ1) is 15.5. The number of rotatable bonds is 7. The van der Waals surface area contributed by atoms with Gasteiger partial charge in [-0.15, -0.1) is 0 Å². The van der Waals surface area contributed by atoms with Crippen LogP contribution in [0.5, 0.6) is 0 Å². The molecule has 7 heteroatoms. The molecule has 0 fully saturated rings. The molecule has 0 saturated heterocycles. The van der Waals surface area contributed by atoms with Gasteiger partial charge < -0.3 is 14.8 Å². The quantitative estimate of drug-likeness (QED) is 0.271. The summed E-state index contributed by atoms with van der Waals surface area (Å²) in [6.45, 7) is 4.11. The summed E-state index contributed by atoms with van der Waals surface area (Å²) in [5.74, 6) is -0.301. The summed E-state index contributed by atoms with van der Waals surface area (Å²) in [5, 5.41) is 13.4. The summed E-state index contributed by atoms with van der Waals surface area (Å²) in [7, 11) is 0. The summed E-state index contributed by atoms with van der Waals surface area (Å²) in [6.07, 6.45) is 1.19. The van der Waals surface area contributed by atoms with Gasteiger partial charge >= 0.3 is 5.97 Å². The highest BCUT2D eigenvalue weighted by atomic mass is 16.6. The first-order chi connectivity index (χ1) is 9.56. The number of nitrogens with zero attached hydrogens (tertiary/aromatic N) is 1. The van der Waals surface area contributed by atoms with Crippen LogP contribution in [0.3, 0.4) is 0 Å². The first-order valence-electron chi connectivity index (χ1n) is 6.09. The Morgan fingerprint density at radius 3 is 2.35 bits per heavy atom. The summed E-state index contributed by atoms with van der Waals surface area (Å²) >= 11 is 0. The molecule has 20 heavy (non-hydrogen) atoms. The van der Waals surface area contributed by atoms with E-state index in [-0.39, 0.29) is 18.2 Å². The summed E-state index contributed by atoms with van der Waals surface area (Å²) in [6, 6.07) is 5.76. The van der Waals surface area contributed by atoms with Crippen molar-refractivity contribution in [2.24, 2.45) is 0 Å². The molecular weight excluding hydrogens is 264 g/mol. The second kappa shape index (κ2) is 7.78. The molecule has 108 valence electrons. The Morgan fingerprint density at radius 1 is 1.25 bits per heavy atom. The lowest BCUT2D eigenvalue weighted by Gasteiger charge is -2.11. The second-order valence-electron chi connectivity index (χ2n) is 3.62. The molecule has 0 bridgehead atoms. The number of benzene rings is 1. The highest BCUT2D eigenvalue weighted by molar-refractivity contribution is 5.83. The molecule has 0 aliphatic rings. The van der Waals surface area contributed by atoms with E-state index in [1.54, 1.807) is 13.8 Å². The molecule has 0 saturated carbocycles. The summed E-state index contributed by atoms with van der Waals surface area (Å²) < 4.78 is 10.0. The Labute approximate surface area is 116 Å². The van der Waals surface area contributed by atoms with Gasteiger partial charge in [0.15, 0.2) is 5.88 Å². The zero-order valence-corrected chi connectivity index (χ0v) is 11.3. The third kappa shape index (κ3) is 4.97. The third-order valence-electron chi connectivity index (χ3n) is 2.18. The molecule has 0 spiro atoms. The van der Waals surface area contributed by atoms with Gasteiger partial charge in [0.25, 0.3) is 5.69 Å². The lowest BCUT2D eigenvalue weighted by atomic mass is 10.3. The standard InChI is InChI=1S/C13H16N2O5/c1-3-19-12(9-13(16)20-4-2)14-10-5-7-11(8-6-10)15(17)18/h5-9,14H,3-4H2,1-2H3. The van der Waals surface area contributed by atoms with Gasteiger partial charge in [-0.05, 0) is 26.0 Å². The van der Waals surface area contributed by atoms with Crippen LogP contribution in [-0.2, 0) is 14.3 Å². The summed E-state index contributed by atoms with van der Waals surface area (Å²) in [4.78, 5) is 21.4. The van der Waals surface area contributed by atoms with Crippen LogP contribution >= 0.6 is 0 Å². The van der Waals surface area contributed by atoms with Crippen LogP contribution in [0.1, 0.15) is 13.8 Å². The molecule has 1 aromatic carbocycles. The number of carbonyl (C=O) groups is 1. The molecule has 0 atom stereocenters. The van der Waals surface area contributed by atoms with Gasteiger partial charge in [0.1, 0.15) is 0 Å². The minimum atomic E-state index is -0.523. The zero-order valence-electron chi connectivity index (χ0n) is 11.3. The average molecular weight is 280 g/mol. The van der Waals surface area contributed by atoms with Crippen molar-refractivity contribution < 1.29 is 19.2 Å². The molecule has 0 aliphatic heterocycles. The van der Waals surface area contributed by atoms with E-state index in [1.807, 2.05) is 0 Å². The van der Waals surface area contributed by atoms with Gasteiger partial charge in [-0.1, -0.05) is 0 Å². The minimum absolute atomic E-state index is 0.0112. The highest BCUT2D eigenvalue weighted by Crippen LogP contribution is 2.17. The maximum Gasteiger partial charge on any atom is 0.336 e. The van der Waals surface area contributed by atoms with E-state index in [2.05, 4.69) is 5.32 Å². The number of nitro benzene ring substituents is 1. The molecule has 7 nitrogen and oxygen atoms in total. The zero-order chi connectivity index (χ0) is 15.0. The van der Waals surface area contributed by atoms with E-state index in [1.165, 1.54) is 30.3 Å². The lowest BCUT2D eigenvalue weighted by molar-refractivity contribution is -0.384. The Kier molecular flexibility index (Phi) is 6.02. The molecule has 0 aliphatic carbocycles. The highest BCUT2D eigenvalue weighted by Gasteiger charge is 2.07. The van der Waals surface area contributed by atoms with E-state index in [4.69, 9.17) is 9.47 Å². The number of anilines is 1. The number of esters is 1. The van der Waals surface area contributed by atoms with Crippen LogP contribution in [0.4, 0.5) is 11.4 Å². The van der Waals surface area contributed by atoms with E-state index >= 15 is 0 Å². The van der Waals surface area contributed by atoms with Crippen molar-refractivity contribution in [1.29, 1.82) is 0 Å². The predicted molar refractivity (Wildman–Crippen MR) is 73.1 cm³/mol. The normalized spacial score (nSPS) is 10.8. The number of nitrogens with one attached hydrogen (secondary N) is 1. The SMILES string of the molecule is CCOC(=O)C=C(Nc1ccc([N+](=O)[O-])cc1)OCC. The first-order valence-corrected chi connectivity index (χ1v) is 6.09. The topological polar surface area (TPSA) is 90.7 Å². The lowest BCUT2D eigenvalue weighted by Crippen LogP contribution is -2.09. The predicted octanol–water partition coefficient (Wildman–Crippen LogP) is 2.45. The van der Waals surface area contributed by atoms with Crippen LogP contribution in [0, 0.1) is 10.1 Å². The molecule has 0 radical (unpaired) electrons. The average Bonchev–Trinajstić information content (AvgIpc) is 2.39. The van der Waals surface area contributed by atoms with Crippen molar-refractivity contribution in [2.45, 2.75) is 13.8 Å². The smallest absolute Gasteiger partial charge is 0.336 e. The Balaban J connectivity index is 2.79. The van der Waals surface area contributed by atoms with Gasteiger partial charge in [0.2, 0.25) is 0 Å². The molecule has 1 rings (SSSR count). The van der Waals surface area contributed by atoms with Crippen molar-refractivity contribution in [3.8, 4) is 0 Å². The van der Waals surface area contributed by atoms with Crippen LogP contribution in [0.25, 0.3) is 0 Å². The molecule has 1 N–H and O–H groups in total. The largest absolute Gasteiger partial charge is 0.479 e. The maximum atomic E-state index is 11.4. The molecule has 0 unspecified atom stereocenters.